The molecule has 630 valence electrons. The lowest BCUT2D eigenvalue weighted by molar-refractivity contribution is -0.161. The maximum atomic E-state index is 13.2. The van der Waals surface area contributed by atoms with E-state index in [-0.39, 0.29) is 25.7 Å². The second-order valence-corrected chi connectivity index (χ2v) is 34.7. The van der Waals surface area contributed by atoms with Crippen molar-refractivity contribution >= 4 is 39.5 Å². The highest BCUT2D eigenvalue weighted by atomic mass is 31.2. The van der Waals surface area contributed by atoms with E-state index in [1.165, 1.54) is 295 Å². The molecule has 2 unspecified atom stereocenters. The molecule has 0 amide bonds. The molecule has 0 spiro atoms. The molecule has 0 aliphatic rings. The molecule has 0 aliphatic heterocycles. The van der Waals surface area contributed by atoms with Gasteiger partial charge < -0.3 is 33.8 Å². The van der Waals surface area contributed by atoms with Crippen LogP contribution in [0.3, 0.4) is 0 Å². The number of esters is 4. The molecular weight excluding hydrogens is 1380 g/mol. The molecule has 3 N–H and O–H groups in total. The average Bonchev–Trinajstić information content (AvgIpc) is 0.908. The third-order valence-corrected chi connectivity index (χ3v) is 22.4. The van der Waals surface area contributed by atoms with Crippen molar-refractivity contribution in [3.05, 3.63) is 0 Å². The van der Waals surface area contributed by atoms with E-state index in [4.69, 9.17) is 37.0 Å². The third kappa shape index (κ3) is 80.1. The summed E-state index contributed by atoms with van der Waals surface area (Å²) in [5.41, 5.74) is 0. The van der Waals surface area contributed by atoms with Crippen LogP contribution in [0.5, 0.6) is 0 Å². The van der Waals surface area contributed by atoms with Gasteiger partial charge in [0.15, 0.2) is 12.2 Å². The summed E-state index contributed by atoms with van der Waals surface area (Å²) < 4.78 is 69.0. The number of hydrogen-bond donors (Lipinski definition) is 3. The van der Waals surface area contributed by atoms with Crippen molar-refractivity contribution in [3.8, 4) is 0 Å². The Bertz CT molecular complexity index is 2010. The Kier molecular flexibility index (Phi) is 78.2. The first-order valence-corrected chi connectivity index (χ1v) is 48.1. The summed E-state index contributed by atoms with van der Waals surface area (Å²) in [6.07, 6.45) is 73.5. The zero-order valence-electron chi connectivity index (χ0n) is 69.6. The summed E-state index contributed by atoms with van der Waals surface area (Å²) in [6, 6.07) is 0. The van der Waals surface area contributed by atoms with Gasteiger partial charge in [-0.3, -0.25) is 37.3 Å². The van der Waals surface area contributed by atoms with Crippen LogP contribution in [-0.4, -0.2) is 96.7 Å². The fourth-order valence-electron chi connectivity index (χ4n) is 13.6. The minimum atomic E-state index is -4.97. The van der Waals surface area contributed by atoms with Crippen LogP contribution >= 0.6 is 15.6 Å². The lowest BCUT2D eigenvalue weighted by atomic mass is 10.0. The molecule has 0 saturated heterocycles. The molecular formula is C87H170O17P2. The molecule has 19 heteroatoms. The van der Waals surface area contributed by atoms with Gasteiger partial charge in [0, 0.05) is 25.7 Å². The number of unbranched alkanes of at least 4 members (excludes halogenated alkanes) is 59. The van der Waals surface area contributed by atoms with E-state index >= 15 is 0 Å². The molecule has 0 aliphatic carbocycles. The first-order valence-electron chi connectivity index (χ1n) is 45.1. The molecule has 5 atom stereocenters. The molecule has 0 bridgehead atoms. The SMILES string of the molecule is CCCCCCCCCCCCCCCCCCCCCCC(=O)O[C@H](COC(=O)CCCCCCCCCCCCCCCCCCC)COP(=O)(O)OC[C@@H](O)COP(=O)(O)OC[C@@H](COC(=O)CCCCCCCCCCCCCCC)OC(=O)CCCCCCCCCCCCCCCC(C)C. The number of rotatable bonds is 87. The number of carbonyl (C=O) groups excluding carboxylic acids is 4. The molecule has 106 heavy (non-hydrogen) atoms. The van der Waals surface area contributed by atoms with E-state index in [0.29, 0.717) is 25.7 Å². The van der Waals surface area contributed by atoms with Gasteiger partial charge in [0.05, 0.1) is 26.4 Å². The zero-order chi connectivity index (χ0) is 77.6. The van der Waals surface area contributed by atoms with Gasteiger partial charge in [0.1, 0.15) is 19.3 Å². The van der Waals surface area contributed by atoms with Crippen LogP contribution in [0.25, 0.3) is 0 Å². The second-order valence-electron chi connectivity index (χ2n) is 31.8. The number of phosphoric acid groups is 2. The zero-order valence-corrected chi connectivity index (χ0v) is 71.4. The Morgan fingerprint density at radius 2 is 0.434 bits per heavy atom. The summed E-state index contributed by atoms with van der Waals surface area (Å²) in [4.78, 5) is 73.3. The Hall–Kier alpha value is -1.94. The smallest absolute Gasteiger partial charge is 0.462 e. The fraction of sp³-hybridized carbons (Fsp3) is 0.954. The summed E-state index contributed by atoms with van der Waals surface area (Å²) in [5.74, 6) is -1.31. The van der Waals surface area contributed by atoms with Gasteiger partial charge in [-0.15, -0.1) is 0 Å². The van der Waals surface area contributed by atoms with Crippen LogP contribution in [0.4, 0.5) is 0 Å². The van der Waals surface area contributed by atoms with Gasteiger partial charge in [-0.1, -0.05) is 420 Å². The predicted octanol–water partition coefficient (Wildman–Crippen LogP) is 26.8. The van der Waals surface area contributed by atoms with Crippen molar-refractivity contribution in [1.29, 1.82) is 0 Å². The van der Waals surface area contributed by atoms with Crippen LogP contribution in [-0.2, 0) is 65.4 Å². The minimum absolute atomic E-state index is 0.108. The number of ether oxygens (including phenoxy) is 4. The van der Waals surface area contributed by atoms with Gasteiger partial charge in [-0.2, -0.15) is 0 Å². The highest BCUT2D eigenvalue weighted by Crippen LogP contribution is 2.45. The van der Waals surface area contributed by atoms with E-state index in [2.05, 4.69) is 34.6 Å². The number of phosphoric ester groups is 2. The molecule has 0 radical (unpaired) electrons. The average molecular weight is 1550 g/mol. The van der Waals surface area contributed by atoms with Crippen LogP contribution in [0, 0.1) is 5.92 Å². The number of aliphatic hydroxyl groups excluding tert-OH is 1. The van der Waals surface area contributed by atoms with Crippen molar-refractivity contribution in [2.75, 3.05) is 39.6 Å². The Morgan fingerprint density at radius 1 is 0.255 bits per heavy atom. The molecule has 0 heterocycles. The number of aliphatic hydroxyl groups is 1. The van der Waals surface area contributed by atoms with E-state index in [1.54, 1.807) is 0 Å². The summed E-state index contributed by atoms with van der Waals surface area (Å²) in [7, 11) is -9.93. The number of hydrogen-bond acceptors (Lipinski definition) is 15. The third-order valence-electron chi connectivity index (χ3n) is 20.5. The van der Waals surface area contributed by atoms with E-state index in [9.17, 15) is 43.2 Å². The Balaban J connectivity index is 5.26. The van der Waals surface area contributed by atoms with Gasteiger partial charge in [-0.25, -0.2) is 9.13 Å². The highest BCUT2D eigenvalue weighted by Gasteiger charge is 2.30. The monoisotopic (exact) mass is 1550 g/mol. The summed E-state index contributed by atoms with van der Waals surface area (Å²) in [5, 5.41) is 10.7. The normalized spacial score (nSPS) is 13.7. The first kappa shape index (κ1) is 104. The molecule has 0 aromatic heterocycles. The maximum absolute atomic E-state index is 13.2. The largest absolute Gasteiger partial charge is 0.472 e. The summed E-state index contributed by atoms with van der Waals surface area (Å²) >= 11 is 0. The fourth-order valence-corrected chi connectivity index (χ4v) is 15.2. The van der Waals surface area contributed by atoms with E-state index in [1.807, 2.05) is 0 Å². The molecule has 17 nitrogen and oxygen atoms in total. The predicted molar refractivity (Wildman–Crippen MR) is 437 cm³/mol. The van der Waals surface area contributed by atoms with Crippen LogP contribution in [0.2, 0.25) is 0 Å². The topological polar surface area (TPSA) is 237 Å². The van der Waals surface area contributed by atoms with Crippen molar-refractivity contribution in [1.82, 2.24) is 0 Å². The van der Waals surface area contributed by atoms with Crippen LogP contribution in [0.15, 0.2) is 0 Å². The molecule has 0 fully saturated rings. The minimum Gasteiger partial charge on any atom is -0.462 e. The Morgan fingerprint density at radius 3 is 0.642 bits per heavy atom. The van der Waals surface area contributed by atoms with Gasteiger partial charge in [0.2, 0.25) is 0 Å². The van der Waals surface area contributed by atoms with Crippen molar-refractivity contribution in [2.24, 2.45) is 5.92 Å². The molecule has 0 rings (SSSR count). The molecule has 0 saturated carbocycles. The lowest BCUT2D eigenvalue weighted by Gasteiger charge is -2.21. The first-order chi connectivity index (χ1) is 51.5. The molecule has 0 aromatic rings. The summed E-state index contributed by atoms with van der Waals surface area (Å²) in [6.45, 7) is 7.40. The van der Waals surface area contributed by atoms with Gasteiger partial charge in [0.25, 0.3) is 0 Å². The highest BCUT2D eigenvalue weighted by molar-refractivity contribution is 7.47. The quantitative estimate of drug-likeness (QED) is 0.0222. The van der Waals surface area contributed by atoms with E-state index in [0.717, 1.165) is 95.8 Å². The van der Waals surface area contributed by atoms with Crippen molar-refractivity contribution < 1.29 is 80.2 Å². The number of carbonyl (C=O) groups is 4. The molecule has 0 aromatic carbocycles. The lowest BCUT2D eigenvalue weighted by Crippen LogP contribution is -2.30. The second kappa shape index (κ2) is 79.7. The van der Waals surface area contributed by atoms with Crippen LogP contribution < -0.4 is 0 Å². The van der Waals surface area contributed by atoms with Crippen molar-refractivity contribution in [3.63, 3.8) is 0 Å². The van der Waals surface area contributed by atoms with Gasteiger partial charge in [-0.05, 0) is 31.6 Å². The standard InChI is InChI=1S/C87H170O17P2/c1-6-9-12-15-18-21-24-27-29-31-32-33-35-37-42-47-52-57-62-67-72-86(91)103-83(77-98-85(90)71-66-61-56-51-46-41-36-34-30-28-25-22-19-16-13-10-7-2)79-102-106(95,96)100-75-81(88)74-99-105(93,94)101-78-82(76-97-84(89)70-65-60-55-50-45-39-26-23-20-17-14-11-8-3)104-87(92)73-68-63-58-53-48-43-38-40-44-49-54-59-64-69-80(4)5/h80-83,88H,6-79H2,1-5H3,(H,93,94)(H,95,96)/t81-,82+,83+/m0/s1. The van der Waals surface area contributed by atoms with Gasteiger partial charge >= 0.3 is 39.5 Å². The van der Waals surface area contributed by atoms with E-state index < -0.39 is 97.5 Å². The Labute approximate surface area is 651 Å². The maximum Gasteiger partial charge on any atom is 0.472 e. The van der Waals surface area contributed by atoms with Crippen molar-refractivity contribution in [2.45, 2.75) is 490 Å². The van der Waals surface area contributed by atoms with Crippen LogP contribution in [0.1, 0.15) is 471 Å².